The maximum absolute atomic E-state index is 11.9. The molecular weight excluding hydrogens is 272 g/mol. The number of amides is 1. The SMILES string of the molecule is NCCc1nc(C(=O)Nc2ncccc2Cl)cs1. The maximum atomic E-state index is 11.9. The third-order valence-electron chi connectivity index (χ3n) is 2.13. The number of rotatable bonds is 4. The molecule has 0 aliphatic heterocycles. The number of halogens is 1. The van der Waals surface area contributed by atoms with E-state index in [2.05, 4.69) is 15.3 Å². The first kappa shape index (κ1) is 12.9. The molecule has 0 saturated heterocycles. The van der Waals surface area contributed by atoms with Crippen LogP contribution in [0.2, 0.25) is 5.02 Å². The largest absolute Gasteiger partial charge is 0.330 e. The molecule has 2 aromatic heterocycles. The molecule has 0 aliphatic carbocycles. The van der Waals surface area contributed by atoms with Gasteiger partial charge in [0.05, 0.1) is 10.0 Å². The Labute approximate surface area is 113 Å². The van der Waals surface area contributed by atoms with Crippen LogP contribution >= 0.6 is 22.9 Å². The van der Waals surface area contributed by atoms with Crippen LogP contribution in [0.25, 0.3) is 0 Å². The number of anilines is 1. The fraction of sp³-hybridized carbons (Fsp3) is 0.182. The smallest absolute Gasteiger partial charge is 0.276 e. The zero-order valence-electron chi connectivity index (χ0n) is 9.39. The molecule has 7 heteroatoms. The summed E-state index contributed by atoms with van der Waals surface area (Å²) in [5.74, 6) is 0.00710. The topological polar surface area (TPSA) is 80.9 Å². The number of pyridine rings is 1. The Morgan fingerprint density at radius 3 is 3.11 bits per heavy atom. The molecule has 0 radical (unpaired) electrons. The fourth-order valence-corrected chi connectivity index (χ4v) is 2.27. The molecular formula is C11H11ClN4OS. The van der Waals surface area contributed by atoms with Crippen LogP contribution in [-0.2, 0) is 6.42 Å². The zero-order chi connectivity index (χ0) is 13.0. The fourth-order valence-electron chi connectivity index (χ4n) is 1.30. The summed E-state index contributed by atoms with van der Waals surface area (Å²) in [5.41, 5.74) is 5.78. The van der Waals surface area contributed by atoms with Crippen molar-refractivity contribution in [3.63, 3.8) is 0 Å². The van der Waals surface area contributed by atoms with Gasteiger partial charge in [0.15, 0.2) is 5.82 Å². The Balaban J connectivity index is 2.10. The third kappa shape index (κ3) is 3.04. The molecule has 2 aromatic rings. The highest BCUT2D eigenvalue weighted by molar-refractivity contribution is 7.09. The molecule has 94 valence electrons. The van der Waals surface area contributed by atoms with Crippen LogP contribution in [0.5, 0.6) is 0 Å². The second-order valence-corrected chi connectivity index (χ2v) is 4.80. The average molecular weight is 283 g/mol. The molecule has 3 N–H and O–H groups in total. The van der Waals surface area contributed by atoms with E-state index in [0.29, 0.717) is 29.5 Å². The molecule has 0 spiro atoms. The lowest BCUT2D eigenvalue weighted by Crippen LogP contribution is -2.14. The number of nitrogens with two attached hydrogens (primary N) is 1. The van der Waals surface area contributed by atoms with Crippen LogP contribution in [0.3, 0.4) is 0 Å². The van der Waals surface area contributed by atoms with Crippen molar-refractivity contribution in [3.8, 4) is 0 Å². The average Bonchev–Trinajstić information content (AvgIpc) is 2.81. The van der Waals surface area contributed by atoms with Gasteiger partial charge in [-0.3, -0.25) is 4.79 Å². The number of nitrogens with zero attached hydrogens (tertiary/aromatic N) is 2. The van der Waals surface area contributed by atoms with Crippen molar-refractivity contribution in [2.75, 3.05) is 11.9 Å². The van der Waals surface area contributed by atoms with Crippen molar-refractivity contribution in [3.05, 3.63) is 39.4 Å². The van der Waals surface area contributed by atoms with Crippen molar-refractivity contribution in [2.24, 2.45) is 5.73 Å². The van der Waals surface area contributed by atoms with Crippen molar-refractivity contribution < 1.29 is 4.79 Å². The van der Waals surface area contributed by atoms with Crippen molar-refractivity contribution in [1.29, 1.82) is 0 Å². The van der Waals surface area contributed by atoms with Crippen molar-refractivity contribution in [1.82, 2.24) is 9.97 Å². The predicted molar refractivity (Wildman–Crippen MR) is 72.1 cm³/mol. The summed E-state index contributed by atoms with van der Waals surface area (Å²) in [4.78, 5) is 20.0. The summed E-state index contributed by atoms with van der Waals surface area (Å²) in [5, 5.41) is 5.54. The van der Waals surface area contributed by atoms with Gasteiger partial charge in [-0.2, -0.15) is 0 Å². The molecule has 0 saturated carbocycles. The lowest BCUT2D eigenvalue weighted by Gasteiger charge is -2.03. The molecule has 0 atom stereocenters. The Morgan fingerprint density at radius 2 is 2.39 bits per heavy atom. The molecule has 5 nitrogen and oxygen atoms in total. The standard InChI is InChI=1S/C11H11ClN4OS/c12-7-2-1-5-14-10(7)16-11(17)8-6-18-9(15-8)3-4-13/h1-2,5-6H,3-4,13H2,(H,14,16,17). The minimum atomic E-state index is -0.324. The third-order valence-corrected chi connectivity index (χ3v) is 3.35. The lowest BCUT2D eigenvalue weighted by atomic mass is 10.4. The number of carbonyl (C=O) groups excluding carboxylic acids is 1. The molecule has 0 aliphatic rings. The van der Waals surface area contributed by atoms with Crippen LogP contribution in [-0.4, -0.2) is 22.4 Å². The summed E-state index contributed by atoms with van der Waals surface area (Å²) < 4.78 is 0. The molecule has 0 unspecified atom stereocenters. The Kier molecular flexibility index (Phi) is 4.24. The molecule has 0 bridgehead atoms. The second-order valence-electron chi connectivity index (χ2n) is 3.45. The van der Waals surface area contributed by atoms with Crippen molar-refractivity contribution >= 4 is 34.7 Å². The van der Waals surface area contributed by atoms with E-state index in [1.165, 1.54) is 11.3 Å². The van der Waals surface area contributed by atoms with E-state index in [1.54, 1.807) is 23.7 Å². The Bertz CT molecular complexity index is 557. The Hall–Kier alpha value is -1.50. The van der Waals surface area contributed by atoms with E-state index in [-0.39, 0.29) is 5.91 Å². The number of aromatic nitrogens is 2. The van der Waals surface area contributed by atoms with Gasteiger partial charge in [-0.25, -0.2) is 9.97 Å². The van der Waals surface area contributed by atoms with Gasteiger partial charge < -0.3 is 11.1 Å². The van der Waals surface area contributed by atoms with E-state index in [0.717, 1.165) is 5.01 Å². The molecule has 0 fully saturated rings. The van der Waals surface area contributed by atoms with E-state index in [9.17, 15) is 4.79 Å². The van der Waals surface area contributed by atoms with Gasteiger partial charge in [-0.1, -0.05) is 11.6 Å². The highest BCUT2D eigenvalue weighted by Crippen LogP contribution is 2.18. The van der Waals surface area contributed by atoms with E-state index in [4.69, 9.17) is 17.3 Å². The lowest BCUT2D eigenvalue weighted by molar-refractivity contribution is 0.102. The predicted octanol–water partition coefficient (Wildman–Crippen LogP) is 1.94. The van der Waals surface area contributed by atoms with Crippen molar-refractivity contribution in [2.45, 2.75) is 6.42 Å². The van der Waals surface area contributed by atoms with Gasteiger partial charge in [0.25, 0.3) is 5.91 Å². The monoisotopic (exact) mass is 282 g/mol. The summed E-state index contributed by atoms with van der Waals surface area (Å²) >= 11 is 7.31. The van der Waals surface area contributed by atoms with Gasteiger partial charge in [0, 0.05) is 18.0 Å². The number of thiazole rings is 1. The van der Waals surface area contributed by atoms with Gasteiger partial charge in [0.1, 0.15) is 5.69 Å². The van der Waals surface area contributed by atoms with Gasteiger partial charge >= 0.3 is 0 Å². The molecule has 1 amide bonds. The quantitative estimate of drug-likeness (QED) is 0.898. The molecule has 18 heavy (non-hydrogen) atoms. The number of hydrogen-bond donors (Lipinski definition) is 2. The van der Waals surface area contributed by atoms with Crippen LogP contribution < -0.4 is 11.1 Å². The van der Waals surface area contributed by atoms with Crippen LogP contribution in [0.4, 0.5) is 5.82 Å². The van der Waals surface area contributed by atoms with Crippen LogP contribution in [0.1, 0.15) is 15.5 Å². The normalized spacial score (nSPS) is 10.3. The first-order valence-corrected chi connectivity index (χ1v) is 6.53. The van der Waals surface area contributed by atoms with Crippen LogP contribution in [0, 0.1) is 0 Å². The highest BCUT2D eigenvalue weighted by Gasteiger charge is 2.12. The minimum Gasteiger partial charge on any atom is -0.330 e. The zero-order valence-corrected chi connectivity index (χ0v) is 11.0. The van der Waals surface area contributed by atoms with Crippen LogP contribution in [0.15, 0.2) is 23.7 Å². The summed E-state index contributed by atoms with van der Waals surface area (Å²) in [7, 11) is 0. The van der Waals surface area contributed by atoms with Gasteiger partial charge in [0.2, 0.25) is 0 Å². The molecule has 2 rings (SSSR count). The number of carbonyl (C=O) groups is 1. The van der Waals surface area contributed by atoms with E-state index >= 15 is 0 Å². The summed E-state index contributed by atoms with van der Waals surface area (Å²) in [6, 6.07) is 3.35. The second kappa shape index (κ2) is 5.90. The summed E-state index contributed by atoms with van der Waals surface area (Å²) in [6.45, 7) is 0.515. The summed E-state index contributed by atoms with van der Waals surface area (Å²) in [6.07, 6.45) is 2.23. The van der Waals surface area contributed by atoms with Gasteiger partial charge in [-0.15, -0.1) is 11.3 Å². The minimum absolute atomic E-state index is 0.324. The van der Waals surface area contributed by atoms with E-state index < -0.39 is 0 Å². The van der Waals surface area contributed by atoms with E-state index in [1.807, 2.05) is 0 Å². The number of nitrogens with one attached hydrogen (secondary N) is 1. The highest BCUT2D eigenvalue weighted by atomic mass is 35.5. The maximum Gasteiger partial charge on any atom is 0.276 e. The first-order chi connectivity index (χ1) is 8.70. The number of hydrogen-bond acceptors (Lipinski definition) is 5. The molecule has 2 heterocycles. The molecule has 0 aromatic carbocycles. The Morgan fingerprint density at radius 1 is 1.56 bits per heavy atom. The van der Waals surface area contributed by atoms with Gasteiger partial charge in [-0.05, 0) is 18.7 Å². The first-order valence-electron chi connectivity index (χ1n) is 5.27.